The molecule has 2 saturated heterocycles. The molecular formula is C21H26N2O3. The molecule has 0 aromatic heterocycles. The van der Waals surface area contributed by atoms with Crippen molar-refractivity contribution in [1.29, 1.82) is 0 Å². The van der Waals surface area contributed by atoms with Crippen molar-refractivity contribution >= 4 is 11.8 Å². The normalized spacial score (nSPS) is 31.6. The zero-order valence-corrected chi connectivity index (χ0v) is 15.6. The maximum Gasteiger partial charge on any atom is 0.230 e. The minimum absolute atomic E-state index is 0.0162. The average Bonchev–Trinajstić information content (AvgIpc) is 3.28. The van der Waals surface area contributed by atoms with Crippen molar-refractivity contribution in [3.05, 3.63) is 47.5 Å². The molecule has 1 aromatic carbocycles. The van der Waals surface area contributed by atoms with Gasteiger partial charge in [0.15, 0.2) is 0 Å². The molecule has 4 atom stereocenters. The second-order valence-corrected chi connectivity index (χ2v) is 7.75. The van der Waals surface area contributed by atoms with E-state index in [1.807, 2.05) is 24.0 Å². The van der Waals surface area contributed by atoms with Crippen molar-refractivity contribution in [2.75, 3.05) is 26.7 Å². The number of likely N-dealkylation sites (tertiary alicyclic amines) is 1. The van der Waals surface area contributed by atoms with E-state index in [0.29, 0.717) is 19.6 Å². The lowest BCUT2D eigenvalue weighted by Gasteiger charge is -2.27. The summed E-state index contributed by atoms with van der Waals surface area (Å²) in [6.07, 6.45) is 4.54. The first-order valence-corrected chi connectivity index (χ1v) is 9.41. The fourth-order valence-electron chi connectivity index (χ4n) is 4.48. The van der Waals surface area contributed by atoms with Crippen LogP contribution in [0.25, 0.3) is 0 Å². The largest absolute Gasteiger partial charge is 0.360 e. The molecule has 2 amide bonds. The molecular weight excluding hydrogens is 328 g/mol. The summed E-state index contributed by atoms with van der Waals surface area (Å²) in [5.74, 6) is -0.687. The number of amides is 2. The van der Waals surface area contributed by atoms with Gasteiger partial charge in [0.1, 0.15) is 5.60 Å². The van der Waals surface area contributed by atoms with Crippen molar-refractivity contribution < 1.29 is 14.3 Å². The van der Waals surface area contributed by atoms with Gasteiger partial charge in [0.05, 0.1) is 24.5 Å². The molecule has 0 aliphatic carbocycles. The lowest BCUT2D eigenvalue weighted by molar-refractivity contribution is -0.142. The number of fused-ring (bicyclic) bond motifs is 1. The van der Waals surface area contributed by atoms with Crippen LogP contribution >= 0.6 is 0 Å². The van der Waals surface area contributed by atoms with Gasteiger partial charge in [0.2, 0.25) is 11.8 Å². The Morgan fingerprint density at radius 1 is 1.35 bits per heavy atom. The topological polar surface area (TPSA) is 49.9 Å². The third-order valence-electron chi connectivity index (χ3n) is 6.11. The quantitative estimate of drug-likeness (QED) is 0.758. The van der Waals surface area contributed by atoms with Gasteiger partial charge in [0.25, 0.3) is 0 Å². The van der Waals surface area contributed by atoms with Crippen LogP contribution in [0.3, 0.4) is 0 Å². The van der Waals surface area contributed by atoms with Crippen LogP contribution in [0.5, 0.6) is 0 Å². The minimum atomic E-state index is -0.607. The molecule has 26 heavy (non-hydrogen) atoms. The summed E-state index contributed by atoms with van der Waals surface area (Å²) >= 11 is 0. The molecule has 5 nitrogen and oxygen atoms in total. The third-order valence-corrected chi connectivity index (χ3v) is 6.11. The number of hydrogen-bond donors (Lipinski definition) is 0. The summed E-state index contributed by atoms with van der Waals surface area (Å²) in [5.41, 5.74) is 1.85. The zero-order valence-electron chi connectivity index (χ0n) is 15.6. The molecule has 3 aliphatic heterocycles. The van der Waals surface area contributed by atoms with E-state index in [2.05, 4.69) is 31.2 Å². The van der Waals surface area contributed by atoms with E-state index in [9.17, 15) is 9.59 Å². The van der Waals surface area contributed by atoms with E-state index >= 15 is 0 Å². The minimum Gasteiger partial charge on any atom is -0.360 e. The third kappa shape index (κ3) is 2.57. The van der Waals surface area contributed by atoms with Gasteiger partial charge in [-0.2, -0.15) is 0 Å². The van der Waals surface area contributed by atoms with Gasteiger partial charge in [-0.05, 0) is 25.8 Å². The van der Waals surface area contributed by atoms with Crippen LogP contribution in [0.2, 0.25) is 0 Å². The summed E-state index contributed by atoms with van der Waals surface area (Å²) < 4.78 is 6.16. The smallest absolute Gasteiger partial charge is 0.230 e. The maximum absolute atomic E-state index is 13.1. The summed E-state index contributed by atoms with van der Waals surface area (Å²) in [7, 11) is 1.79. The summed E-state index contributed by atoms with van der Waals surface area (Å²) in [5, 5.41) is 0. The molecule has 2 fully saturated rings. The van der Waals surface area contributed by atoms with Gasteiger partial charge in [-0.25, -0.2) is 0 Å². The van der Waals surface area contributed by atoms with Crippen LogP contribution < -0.4 is 0 Å². The van der Waals surface area contributed by atoms with Crippen LogP contribution in [0.4, 0.5) is 0 Å². The molecule has 1 spiro atoms. The SMILES string of the molecule is CCN(C)C(=O)C1C2C(=O)N(CCc3ccc(C)cc3)C[C@]23C=C[C@H]1O3. The number of aryl methyl sites for hydroxylation is 1. The van der Waals surface area contributed by atoms with Crippen molar-refractivity contribution in [2.45, 2.75) is 32.0 Å². The highest BCUT2D eigenvalue weighted by Crippen LogP contribution is 2.52. The van der Waals surface area contributed by atoms with Gasteiger partial charge in [0, 0.05) is 20.1 Å². The first-order chi connectivity index (χ1) is 12.4. The van der Waals surface area contributed by atoms with Crippen LogP contribution in [-0.2, 0) is 20.7 Å². The Balaban J connectivity index is 1.50. The molecule has 3 heterocycles. The van der Waals surface area contributed by atoms with Crippen molar-refractivity contribution in [2.24, 2.45) is 11.8 Å². The number of nitrogens with zero attached hydrogens (tertiary/aromatic N) is 2. The Hall–Kier alpha value is -2.14. The van der Waals surface area contributed by atoms with Crippen molar-refractivity contribution in [1.82, 2.24) is 9.80 Å². The standard InChI is InChI=1S/C21H26N2O3/c1-4-22(3)19(24)17-16-9-11-21(26-16)13-23(20(25)18(17)21)12-10-15-7-5-14(2)6-8-15/h5-9,11,16-18H,4,10,12-13H2,1-3H3/t16-,17?,18?,21-/m1/s1. The van der Waals surface area contributed by atoms with Crippen LogP contribution in [0.15, 0.2) is 36.4 Å². The van der Waals surface area contributed by atoms with Crippen LogP contribution in [0, 0.1) is 18.8 Å². The molecule has 3 aliphatic rings. The highest BCUT2D eigenvalue weighted by Gasteiger charge is 2.66. The number of carbonyl (C=O) groups excluding carboxylic acids is 2. The fraction of sp³-hybridized carbons (Fsp3) is 0.524. The molecule has 0 N–H and O–H groups in total. The van der Waals surface area contributed by atoms with E-state index < -0.39 is 5.60 Å². The predicted octanol–water partition coefficient (Wildman–Crippen LogP) is 1.80. The van der Waals surface area contributed by atoms with E-state index in [1.165, 1.54) is 11.1 Å². The van der Waals surface area contributed by atoms with E-state index in [0.717, 1.165) is 6.42 Å². The predicted molar refractivity (Wildman–Crippen MR) is 98.5 cm³/mol. The van der Waals surface area contributed by atoms with Crippen LogP contribution in [-0.4, -0.2) is 60.0 Å². The summed E-state index contributed by atoms with van der Waals surface area (Å²) in [6.45, 7) is 5.86. The molecule has 0 radical (unpaired) electrons. The van der Waals surface area contributed by atoms with Crippen LogP contribution in [0.1, 0.15) is 18.1 Å². The summed E-state index contributed by atoms with van der Waals surface area (Å²) in [4.78, 5) is 29.5. The second kappa shape index (κ2) is 6.23. The average molecular weight is 354 g/mol. The number of benzene rings is 1. The first kappa shape index (κ1) is 17.3. The van der Waals surface area contributed by atoms with Gasteiger partial charge in [-0.3, -0.25) is 9.59 Å². The first-order valence-electron chi connectivity index (χ1n) is 9.41. The number of carbonyl (C=O) groups is 2. The van der Waals surface area contributed by atoms with Crippen molar-refractivity contribution in [3.63, 3.8) is 0 Å². The van der Waals surface area contributed by atoms with Gasteiger partial charge in [-0.1, -0.05) is 42.0 Å². The lowest BCUT2D eigenvalue weighted by atomic mass is 9.76. The highest BCUT2D eigenvalue weighted by molar-refractivity contribution is 5.93. The lowest BCUT2D eigenvalue weighted by Crippen LogP contribution is -2.44. The van der Waals surface area contributed by atoms with E-state index in [-0.39, 0.29) is 29.8 Å². The molecule has 0 saturated carbocycles. The number of hydrogen-bond acceptors (Lipinski definition) is 3. The molecule has 5 heteroatoms. The molecule has 138 valence electrons. The number of ether oxygens (including phenoxy) is 1. The number of rotatable bonds is 5. The Morgan fingerprint density at radius 2 is 2.08 bits per heavy atom. The Kier molecular flexibility index (Phi) is 4.14. The van der Waals surface area contributed by atoms with E-state index in [1.54, 1.807) is 11.9 Å². The van der Waals surface area contributed by atoms with Gasteiger partial charge >= 0.3 is 0 Å². The Labute approximate surface area is 154 Å². The second-order valence-electron chi connectivity index (χ2n) is 7.75. The summed E-state index contributed by atoms with van der Waals surface area (Å²) in [6, 6.07) is 8.41. The fourth-order valence-corrected chi connectivity index (χ4v) is 4.48. The Bertz CT molecular complexity index is 757. The molecule has 4 rings (SSSR count). The molecule has 2 unspecified atom stereocenters. The molecule has 1 aromatic rings. The van der Waals surface area contributed by atoms with E-state index in [4.69, 9.17) is 4.74 Å². The highest BCUT2D eigenvalue weighted by atomic mass is 16.5. The van der Waals surface area contributed by atoms with Crippen molar-refractivity contribution in [3.8, 4) is 0 Å². The van der Waals surface area contributed by atoms with Gasteiger partial charge < -0.3 is 14.5 Å². The zero-order chi connectivity index (χ0) is 18.5. The monoisotopic (exact) mass is 354 g/mol. The van der Waals surface area contributed by atoms with Gasteiger partial charge in [-0.15, -0.1) is 0 Å². The molecule has 2 bridgehead atoms. The maximum atomic E-state index is 13.1. The Morgan fingerprint density at radius 3 is 2.77 bits per heavy atom.